The maximum absolute atomic E-state index is 12.7. The second-order valence-electron chi connectivity index (χ2n) is 7.26. The topological polar surface area (TPSA) is 80.5 Å². The molecule has 0 saturated heterocycles. The van der Waals surface area contributed by atoms with Crippen molar-refractivity contribution < 1.29 is 17.6 Å². The summed E-state index contributed by atoms with van der Waals surface area (Å²) < 4.78 is 29.0. The summed E-state index contributed by atoms with van der Waals surface area (Å²) in [4.78, 5) is 18.8. The zero-order chi connectivity index (χ0) is 22.8. The third-order valence-corrected chi connectivity index (χ3v) is 6.74. The first kappa shape index (κ1) is 23.3. The van der Waals surface area contributed by atoms with Crippen molar-refractivity contribution in [2.45, 2.75) is 30.7 Å². The van der Waals surface area contributed by atoms with Gasteiger partial charge in [-0.2, -0.15) is 0 Å². The van der Waals surface area contributed by atoms with Gasteiger partial charge in [-0.25, -0.2) is 13.4 Å². The second kappa shape index (κ2) is 9.42. The van der Waals surface area contributed by atoms with Crippen molar-refractivity contribution in [2.75, 3.05) is 13.3 Å². The number of aromatic nitrogens is 1. The lowest BCUT2D eigenvalue weighted by atomic mass is 10.1. The Hall–Kier alpha value is -2.35. The highest BCUT2D eigenvalue weighted by Crippen LogP contribution is 2.31. The first-order valence-corrected chi connectivity index (χ1v) is 12.2. The molecular formula is C22H22Cl2N2O4S. The zero-order valence-corrected chi connectivity index (χ0v) is 19.6. The SMILES string of the molecule is CC(c1ccc(S(C)(=O)=O)cc1)N(C)C(=O)CCc1ncc(-c2ccc(Cl)cc2Cl)o1. The number of carbonyl (C=O) groups is 1. The number of sulfone groups is 1. The minimum Gasteiger partial charge on any atom is -0.441 e. The van der Waals surface area contributed by atoms with Crippen molar-refractivity contribution in [3.8, 4) is 11.3 Å². The van der Waals surface area contributed by atoms with Crippen LogP contribution in [0.2, 0.25) is 10.0 Å². The predicted molar refractivity (Wildman–Crippen MR) is 121 cm³/mol. The van der Waals surface area contributed by atoms with E-state index in [0.717, 1.165) is 11.8 Å². The quantitative estimate of drug-likeness (QED) is 0.463. The van der Waals surface area contributed by atoms with Crippen LogP contribution in [-0.4, -0.2) is 37.5 Å². The van der Waals surface area contributed by atoms with E-state index in [2.05, 4.69) is 4.98 Å². The summed E-state index contributed by atoms with van der Waals surface area (Å²) in [6.07, 6.45) is 3.30. The molecule has 0 aliphatic carbocycles. The summed E-state index contributed by atoms with van der Waals surface area (Å²) in [6, 6.07) is 11.4. The molecule has 0 fully saturated rings. The van der Waals surface area contributed by atoms with Gasteiger partial charge in [0.2, 0.25) is 5.91 Å². The van der Waals surface area contributed by atoms with Crippen molar-refractivity contribution in [1.29, 1.82) is 0 Å². The molecule has 164 valence electrons. The van der Waals surface area contributed by atoms with Crippen molar-refractivity contribution >= 4 is 38.9 Å². The molecule has 1 heterocycles. The van der Waals surface area contributed by atoms with Crippen LogP contribution in [0, 0.1) is 0 Å². The number of amides is 1. The molecule has 0 spiro atoms. The number of halogens is 2. The van der Waals surface area contributed by atoms with Gasteiger partial charge < -0.3 is 9.32 Å². The number of aryl methyl sites for hydroxylation is 1. The molecule has 0 saturated carbocycles. The smallest absolute Gasteiger partial charge is 0.223 e. The summed E-state index contributed by atoms with van der Waals surface area (Å²) in [5.74, 6) is 0.869. The maximum Gasteiger partial charge on any atom is 0.223 e. The third kappa shape index (κ3) is 5.67. The van der Waals surface area contributed by atoms with E-state index < -0.39 is 9.84 Å². The Bertz CT molecular complexity index is 1190. The van der Waals surface area contributed by atoms with Gasteiger partial charge in [0.05, 0.1) is 22.2 Å². The average Bonchev–Trinajstić information content (AvgIpc) is 3.19. The highest BCUT2D eigenvalue weighted by molar-refractivity contribution is 7.90. The average molecular weight is 481 g/mol. The Morgan fingerprint density at radius 3 is 2.45 bits per heavy atom. The van der Waals surface area contributed by atoms with Gasteiger partial charge in [-0.1, -0.05) is 35.3 Å². The van der Waals surface area contributed by atoms with Crippen LogP contribution in [0.1, 0.15) is 30.8 Å². The van der Waals surface area contributed by atoms with Gasteiger partial charge >= 0.3 is 0 Å². The molecule has 3 aromatic rings. The molecule has 0 aliphatic rings. The van der Waals surface area contributed by atoms with Crippen LogP contribution < -0.4 is 0 Å². The number of oxazole rings is 1. The fraction of sp³-hybridized carbons (Fsp3) is 0.273. The summed E-state index contributed by atoms with van der Waals surface area (Å²) in [7, 11) is -1.54. The maximum atomic E-state index is 12.7. The van der Waals surface area contributed by atoms with Gasteiger partial charge in [0.25, 0.3) is 0 Å². The number of hydrogen-bond donors (Lipinski definition) is 0. The van der Waals surface area contributed by atoms with E-state index >= 15 is 0 Å². The number of rotatable bonds is 7. The highest BCUT2D eigenvalue weighted by Gasteiger charge is 2.19. The highest BCUT2D eigenvalue weighted by atomic mass is 35.5. The fourth-order valence-corrected chi connectivity index (χ4v) is 4.20. The molecule has 1 unspecified atom stereocenters. The first-order valence-electron chi connectivity index (χ1n) is 9.52. The molecule has 0 radical (unpaired) electrons. The molecule has 0 N–H and O–H groups in total. The predicted octanol–water partition coefficient (Wildman–Crippen LogP) is 5.20. The molecule has 1 amide bonds. The van der Waals surface area contributed by atoms with Crippen LogP contribution in [0.4, 0.5) is 0 Å². The van der Waals surface area contributed by atoms with E-state index in [4.69, 9.17) is 27.6 Å². The van der Waals surface area contributed by atoms with E-state index in [9.17, 15) is 13.2 Å². The third-order valence-electron chi connectivity index (χ3n) is 5.07. The first-order chi connectivity index (χ1) is 14.6. The zero-order valence-electron chi connectivity index (χ0n) is 17.3. The Morgan fingerprint density at radius 2 is 1.84 bits per heavy atom. The van der Waals surface area contributed by atoms with E-state index in [1.165, 1.54) is 0 Å². The molecule has 6 nitrogen and oxygen atoms in total. The minimum atomic E-state index is -3.26. The van der Waals surface area contributed by atoms with Crippen molar-refractivity contribution in [2.24, 2.45) is 0 Å². The molecule has 0 aliphatic heterocycles. The Kier molecular flexibility index (Phi) is 7.09. The van der Waals surface area contributed by atoms with Crippen molar-refractivity contribution in [1.82, 2.24) is 9.88 Å². The molecule has 2 aromatic carbocycles. The van der Waals surface area contributed by atoms with Crippen LogP contribution in [0.15, 0.2) is 58.0 Å². The molecular weight excluding hydrogens is 459 g/mol. The molecule has 1 atom stereocenters. The lowest BCUT2D eigenvalue weighted by Gasteiger charge is -2.25. The standard InChI is InChI=1S/C22H22Cl2N2O4S/c1-14(15-4-7-17(8-5-15)31(3,28)29)26(2)22(27)11-10-21-25-13-20(30-21)18-9-6-16(23)12-19(18)24/h4-9,12-14H,10-11H2,1-3H3. The van der Waals surface area contributed by atoms with Gasteiger partial charge in [-0.05, 0) is 42.8 Å². The van der Waals surface area contributed by atoms with Crippen LogP contribution >= 0.6 is 23.2 Å². The number of nitrogens with zero attached hydrogens (tertiary/aromatic N) is 2. The monoisotopic (exact) mass is 480 g/mol. The summed E-state index contributed by atoms with van der Waals surface area (Å²) in [5.41, 5.74) is 1.53. The van der Waals surface area contributed by atoms with E-state index in [1.54, 1.807) is 60.6 Å². The van der Waals surface area contributed by atoms with Crippen molar-refractivity contribution in [3.63, 3.8) is 0 Å². The van der Waals surface area contributed by atoms with Crippen LogP contribution in [0.3, 0.4) is 0 Å². The van der Waals surface area contributed by atoms with Gasteiger partial charge in [0, 0.05) is 36.7 Å². The molecule has 31 heavy (non-hydrogen) atoms. The molecule has 1 aromatic heterocycles. The summed E-state index contributed by atoms with van der Waals surface area (Å²) in [6.45, 7) is 1.89. The Balaban J connectivity index is 1.62. The Labute approximate surface area is 191 Å². The van der Waals surface area contributed by atoms with E-state index in [1.807, 2.05) is 6.92 Å². The Morgan fingerprint density at radius 1 is 1.16 bits per heavy atom. The lowest BCUT2D eigenvalue weighted by Crippen LogP contribution is -2.29. The molecule has 0 bridgehead atoms. The summed E-state index contributed by atoms with van der Waals surface area (Å²) >= 11 is 12.1. The van der Waals surface area contributed by atoms with Gasteiger partial charge in [0.15, 0.2) is 21.5 Å². The van der Waals surface area contributed by atoms with Gasteiger partial charge in [0.1, 0.15) is 0 Å². The molecule has 9 heteroatoms. The normalized spacial score (nSPS) is 12.5. The van der Waals surface area contributed by atoms with Crippen LogP contribution in [-0.2, 0) is 21.1 Å². The van der Waals surface area contributed by atoms with Crippen LogP contribution in [0.25, 0.3) is 11.3 Å². The lowest BCUT2D eigenvalue weighted by molar-refractivity contribution is -0.131. The number of benzene rings is 2. The molecule has 3 rings (SSSR count). The van der Waals surface area contributed by atoms with Gasteiger partial charge in [-0.15, -0.1) is 0 Å². The number of carbonyl (C=O) groups excluding carboxylic acids is 1. The minimum absolute atomic E-state index is 0.0797. The largest absolute Gasteiger partial charge is 0.441 e. The second-order valence-corrected chi connectivity index (χ2v) is 10.1. The van der Waals surface area contributed by atoms with Crippen LogP contribution in [0.5, 0.6) is 0 Å². The van der Waals surface area contributed by atoms with Crippen molar-refractivity contribution in [3.05, 3.63) is 70.2 Å². The van der Waals surface area contributed by atoms with E-state index in [0.29, 0.717) is 33.7 Å². The summed E-state index contributed by atoms with van der Waals surface area (Å²) in [5, 5.41) is 0.990. The van der Waals surface area contributed by atoms with Gasteiger partial charge in [-0.3, -0.25) is 4.79 Å². The fourth-order valence-electron chi connectivity index (χ4n) is 3.06. The van der Waals surface area contributed by atoms with E-state index in [-0.39, 0.29) is 23.3 Å². The number of hydrogen-bond acceptors (Lipinski definition) is 5.